The number of amides is 1. The van der Waals surface area contributed by atoms with Gasteiger partial charge in [0.15, 0.2) is 0 Å². The third-order valence-corrected chi connectivity index (χ3v) is 2.11. The van der Waals surface area contributed by atoms with Crippen LogP contribution in [-0.4, -0.2) is 43.4 Å². The number of carboxylic acid groups (broad SMARTS) is 1. The summed E-state index contributed by atoms with van der Waals surface area (Å²) in [6.07, 6.45) is 0. The molecule has 0 bridgehead atoms. The number of carbonyl (C=O) groups excluding carboxylic acids is 1. The zero-order valence-electron chi connectivity index (χ0n) is 10.3. The zero-order chi connectivity index (χ0) is 15.0. The molecule has 1 aromatic carbocycles. The summed E-state index contributed by atoms with van der Waals surface area (Å²) in [5.41, 5.74) is -0.0361. The number of carbonyl (C=O) groups is 2. The predicted molar refractivity (Wildman–Crippen MR) is 63.9 cm³/mol. The minimum absolute atomic E-state index is 0.00406. The van der Waals surface area contributed by atoms with E-state index in [0.717, 1.165) is 0 Å². The molecule has 0 fully saturated rings. The van der Waals surface area contributed by atoms with Gasteiger partial charge in [-0.3, -0.25) is 4.79 Å². The molecular formula is C12H13F2NO5. The van der Waals surface area contributed by atoms with Crippen LogP contribution in [0.2, 0.25) is 0 Å². The van der Waals surface area contributed by atoms with Crippen molar-refractivity contribution in [3.05, 3.63) is 29.8 Å². The highest BCUT2D eigenvalue weighted by atomic mass is 19.3. The third kappa shape index (κ3) is 5.61. The molecule has 1 rings (SSSR count). The van der Waals surface area contributed by atoms with Gasteiger partial charge in [-0.15, -0.1) is 0 Å². The molecule has 0 saturated heterocycles. The highest BCUT2D eigenvalue weighted by molar-refractivity contribution is 5.96. The minimum Gasteiger partial charge on any atom is -0.480 e. The van der Waals surface area contributed by atoms with Crippen LogP contribution < -0.4 is 10.1 Å². The van der Waals surface area contributed by atoms with Crippen molar-refractivity contribution in [3.63, 3.8) is 0 Å². The molecule has 0 heterocycles. The second-order valence-corrected chi connectivity index (χ2v) is 3.58. The summed E-state index contributed by atoms with van der Waals surface area (Å²) in [5.74, 6) is -1.96. The molecule has 0 unspecified atom stereocenters. The van der Waals surface area contributed by atoms with E-state index in [4.69, 9.17) is 9.84 Å². The number of ether oxygens (including phenoxy) is 2. The standard InChI is InChI=1S/C12H13F2NO5/c13-12(14)20-9-4-2-1-3-8(9)11(18)15-5-6-19-7-10(16)17/h1-4,12H,5-7H2,(H,15,18)(H,16,17). The van der Waals surface area contributed by atoms with E-state index < -0.39 is 25.1 Å². The van der Waals surface area contributed by atoms with Crippen LogP contribution in [0.5, 0.6) is 5.75 Å². The molecule has 8 heteroatoms. The van der Waals surface area contributed by atoms with Crippen molar-refractivity contribution in [3.8, 4) is 5.75 Å². The van der Waals surface area contributed by atoms with E-state index in [2.05, 4.69) is 10.1 Å². The number of rotatable bonds is 8. The fraction of sp³-hybridized carbons (Fsp3) is 0.333. The van der Waals surface area contributed by atoms with E-state index in [1.165, 1.54) is 24.3 Å². The number of para-hydroxylation sites is 1. The Kier molecular flexibility index (Phi) is 6.38. The summed E-state index contributed by atoms with van der Waals surface area (Å²) < 4.78 is 33.3. The SMILES string of the molecule is O=C(O)COCCNC(=O)c1ccccc1OC(F)F. The molecule has 0 spiro atoms. The molecule has 0 aromatic heterocycles. The zero-order valence-corrected chi connectivity index (χ0v) is 10.3. The van der Waals surface area contributed by atoms with Gasteiger partial charge in [-0.05, 0) is 12.1 Å². The molecule has 0 radical (unpaired) electrons. The van der Waals surface area contributed by atoms with Crippen LogP contribution in [0, 0.1) is 0 Å². The number of hydrogen-bond acceptors (Lipinski definition) is 4. The Hall–Kier alpha value is -2.22. The molecule has 110 valence electrons. The van der Waals surface area contributed by atoms with Gasteiger partial charge in [0, 0.05) is 6.54 Å². The Balaban J connectivity index is 2.48. The summed E-state index contributed by atoms with van der Waals surface area (Å²) in [6, 6.07) is 5.56. The molecule has 1 aromatic rings. The first-order chi connectivity index (χ1) is 9.50. The molecule has 0 saturated carbocycles. The van der Waals surface area contributed by atoms with Crippen LogP contribution in [0.1, 0.15) is 10.4 Å². The highest BCUT2D eigenvalue weighted by Crippen LogP contribution is 2.19. The van der Waals surface area contributed by atoms with Gasteiger partial charge in [0.2, 0.25) is 0 Å². The second-order valence-electron chi connectivity index (χ2n) is 3.58. The van der Waals surface area contributed by atoms with Crippen LogP contribution in [0.25, 0.3) is 0 Å². The Morgan fingerprint density at radius 3 is 2.65 bits per heavy atom. The van der Waals surface area contributed by atoms with Gasteiger partial charge in [0.05, 0.1) is 12.2 Å². The summed E-state index contributed by atoms with van der Waals surface area (Å²) >= 11 is 0. The van der Waals surface area contributed by atoms with Crippen molar-refractivity contribution >= 4 is 11.9 Å². The van der Waals surface area contributed by atoms with Gasteiger partial charge in [0.1, 0.15) is 12.4 Å². The largest absolute Gasteiger partial charge is 0.480 e. The highest BCUT2D eigenvalue weighted by Gasteiger charge is 2.14. The van der Waals surface area contributed by atoms with Crippen molar-refractivity contribution in [1.29, 1.82) is 0 Å². The lowest BCUT2D eigenvalue weighted by Crippen LogP contribution is -2.28. The fourth-order valence-corrected chi connectivity index (χ4v) is 1.34. The smallest absolute Gasteiger partial charge is 0.387 e. The number of alkyl halides is 2. The molecule has 0 aliphatic carbocycles. The lowest BCUT2D eigenvalue weighted by atomic mass is 10.2. The van der Waals surface area contributed by atoms with E-state index in [1.807, 2.05) is 0 Å². The molecule has 0 aliphatic rings. The molecule has 1 amide bonds. The fourth-order valence-electron chi connectivity index (χ4n) is 1.34. The van der Waals surface area contributed by atoms with Crippen LogP contribution in [0.15, 0.2) is 24.3 Å². The normalized spacial score (nSPS) is 10.3. The van der Waals surface area contributed by atoms with Gasteiger partial charge in [-0.1, -0.05) is 12.1 Å². The Bertz CT molecular complexity index is 467. The van der Waals surface area contributed by atoms with E-state index in [9.17, 15) is 18.4 Å². The van der Waals surface area contributed by atoms with Crippen molar-refractivity contribution in [2.45, 2.75) is 6.61 Å². The van der Waals surface area contributed by atoms with Gasteiger partial charge in [0.25, 0.3) is 5.91 Å². The maximum atomic E-state index is 12.2. The maximum absolute atomic E-state index is 12.2. The van der Waals surface area contributed by atoms with Crippen LogP contribution in [0.4, 0.5) is 8.78 Å². The maximum Gasteiger partial charge on any atom is 0.387 e. The number of carboxylic acids is 1. The van der Waals surface area contributed by atoms with Crippen molar-refractivity contribution < 1.29 is 33.0 Å². The van der Waals surface area contributed by atoms with Crippen LogP contribution >= 0.6 is 0 Å². The topological polar surface area (TPSA) is 84.9 Å². The Labute approximate surface area is 113 Å². The summed E-state index contributed by atoms with van der Waals surface area (Å²) in [4.78, 5) is 21.9. The Morgan fingerprint density at radius 1 is 1.30 bits per heavy atom. The third-order valence-electron chi connectivity index (χ3n) is 2.11. The molecule has 6 nitrogen and oxygen atoms in total. The number of aliphatic carboxylic acids is 1. The quantitative estimate of drug-likeness (QED) is 0.700. The van der Waals surface area contributed by atoms with E-state index in [0.29, 0.717) is 0 Å². The first kappa shape index (κ1) is 15.8. The number of halogens is 2. The first-order valence-corrected chi connectivity index (χ1v) is 5.62. The number of hydrogen-bond donors (Lipinski definition) is 2. The minimum atomic E-state index is -3.03. The van der Waals surface area contributed by atoms with E-state index in [1.54, 1.807) is 0 Å². The van der Waals surface area contributed by atoms with Crippen molar-refractivity contribution in [2.75, 3.05) is 19.8 Å². The van der Waals surface area contributed by atoms with Crippen LogP contribution in [0.3, 0.4) is 0 Å². The molecule has 0 aliphatic heterocycles. The molecule has 20 heavy (non-hydrogen) atoms. The monoisotopic (exact) mass is 289 g/mol. The number of nitrogens with one attached hydrogen (secondary N) is 1. The van der Waals surface area contributed by atoms with Gasteiger partial charge in [-0.25, -0.2) is 4.79 Å². The summed E-state index contributed by atoms with van der Waals surface area (Å²) in [7, 11) is 0. The lowest BCUT2D eigenvalue weighted by Gasteiger charge is -2.10. The van der Waals surface area contributed by atoms with Gasteiger partial charge in [-0.2, -0.15) is 8.78 Å². The number of benzene rings is 1. The van der Waals surface area contributed by atoms with Crippen LogP contribution in [-0.2, 0) is 9.53 Å². The molecule has 2 N–H and O–H groups in total. The molecular weight excluding hydrogens is 276 g/mol. The van der Waals surface area contributed by atoms with Crippen molar-refractivity contribution in [1.82, 2.24) is 5.32 Å². The predicted octanol–water partition coefficient (Wildman–Crippen LogP) is 1.12. The Morgan fingerprint density at radius 2 is 2.00 bits per heavy atom. The lowest BCUT2D eigenvalue weighted by molar-refractivity contribution is -0.142. The summed E-state index contributed by atoms with van der Waals surface area (Å²) in [6.45, 7) is -3.45. The van der Waals surface area contributed by atoms with Crippen molar-refractivity contribution in [2.24, 2.45) is 0 Å². The average molecular weight is 289 g/mol. The van der Waals surface area contributed by atoms with Gasteiger partial charge >= 0.3 is 12.6 Å². The van der Waals surface area contributed by atoms with E-state index in [-0.39, 0.29) is 24.5 Å². The molecule has 0 atom stereocenters. The average Bonchev–Trinajstić information content (AvgIpc) is 2.37. The summed E-state index contributed by atoms with van der Waals surface area (Å²) in [5, 5.41) is 10.7. The van der Waals surface area contributed by atoms with E-state index >= 15 is 0 Å². The first-order valence-electron chi connectivity index (χ1n) is 5.62. The second kappa shape index (κ2) is 8.05. The van der Waals surface area contributed by atoms with Gasteiger partial charge < -0.3 is 19.9 Å².